The first kappa shape index (κ1) is 13.7. The number of rotatable bonds is 2. The van der Waals surface area contributed by atoms with Crippen LogP contribution in [0.4, 0.5) is 0 Å². The summed E-state index contributed by atoms with van der Waals surface area (Å²) in [5.74, 6) is -0.967. The molecule has 0 atom stereocenters. The van der Waals surface area contributed by atoms with Crippen molar-refractivity contribution in [3.8, 4) is 11.3 Å². The van der Waals surface area contributed by atoms with Gasteiger partial charge in [-0.15, -0.1) is 11.3 Å². The zero-order valence-corrected chi connectivity index (χ0v) is 12.3. The molecule has 0 aliphatic carbocycles. The summed E-state index contributed by atoms with van der Waals surface area (Å²) in [5, 5.41) is 9.11. The van der Waals surface area contributed by atoms with Gasteiger partial charge in [-0.2, -0.15) is 0 Å². The lowest BCUT2D eigenvalue weighted by molar-refractivity contribution is 0.0696. The number of carbonyl (C=O) groups is 1. The van der Waals surface area contributed by atoms with E-state index in [1.54, 1.807) is 0 Å². The minimum absolute atomic E-state index is 0.113. The molecule has 2 rings (SSSR count). The van der Waals surface area contributed by atoms with Gasteiger partial charge in [-0.3, -0.25) is 0 Å². The van der Waals surface area contributed by atoms with Crippen LogP contribution in [0, 0.1) is 6.92 Å². The van der Waals surface area contributed by atoms with Crippen molar-refractivity contribution in [2.75, 3.05) is 0 Å². The molecular weight excluding hydrogens is 258 g/mol. The number of aromatic nitrogens is 1. The summed E-state index contributed by atoms with van der Waals surface area (Å²) in [5.41, 5.74) is 3.10. The van der Waals surface area contributed by atoms with Crippen molar-refractivity contribution in [2.24, 2.45) is 0 Å². The molecule has 0 aliphatic heterocycles. The molecule has 0 saturated heterocycles. The van der Waals surface area contributed by atoms with Crippen LogP contribution in [-0.4, -0.2) is 16.1 Å². The van der Waals surface area contributed by atoms with E-state index in [1.165, 1.54) is 16.9 Å². The lowest BCUT2D eigenvalue weighted by atomic mass is 9.86. The van der Waals surface area contributed by atoms with E-state index in [4.69, 9.17) is 5.11 Å². The number of nitrogens with zero attached hydrogens (tertiary/aromatic N) is 1. The van der Waals surface area contributed by atoms with Gasteiger partial charge in [0.05, 0.1) is 5.69 Å². The summed E-state index contributed by atoms with van der Waals surface area (Å²) < 4.78 is 0. The minimum Gasteiger partial charge on any atom is -0.476 e. The fraction of sp³-hybridized carbons (Fsp3) is 0.333. The van der Waals surface area contributed by atoms with E-state index in [-0.39, 0.29) is 10.4 Å². The third-order valence-corrected chi connectivity index (χ3v) is 3.96. The van der Waals surface area contributed by atoms with Crippen LogP contribution in [0.1, 0.15) is 41.0 Å². The zero-order valence-electron chi connectivity index (χ0n) is 11.5. The standard InChI is InChI=1S/C15H17NO2S/c1-9-12(16-13(19-9)14(17)18)10-5-7-11(8-6-10)15(2,3)4/h5-8H,1-4H3,(H,17,18). The van der Waals surface area contributed by atoms with Crippen LogP contribution in [0.2, 0.25) is 0 Å². The lowest BCUT2D eigenvalue weighted by Gasteiger charge is -2.19. The molecule has 0 bridgehead atoms. The highest BCUT2D eigenvalue weighted by Crippen LogP contribution is 2.30. The summed E-state index contributed by atoms with van der Waals surface area (Å²) >= 11 is 1.22. The van der Waals surface area contributed by atoms with Crippen LogP contribution in [0.5, 0.6) is 0 Å². The molecule has 1 heterocycles. The zero-order chi connectivity index (χ0) is 14.2. The van der Waals surface area contributed by atoms with Gasteiger partial charge in [0.2, 0.25) is 5.01 Å². The number of benzene rings is 1. The Labute approximate surface area is 116 Å². The molecule has 2 aromatic rings. The first-order valence-electron chi connectivity index (χ1n) is 6.10. The Bertz CT molecular complexity index is 606. The maximum atomic E-state index is 10.9. The largest absolute Gasteiger partial charge is 0.476 e. The molecule has 0 saturated carbocycles. The second-order valence-electron chi connectivity index (χ2n) is 5.56. The van der Waals surface area contributed by atoms with Gasteiger partial charge in [-0.05, 0) is 17.9 Å². The van der Waals surface area contributed by atoms with Gasteiger partial charge in [0.15, 0.2) is 0 Å². The normalized spacial score (nSPS) is 11.6. The molecule has 1 aromatic heterocycles. The van der Waals surface area contributed by atoms with E-state index < -0.39 is 5.97 Å². The van der Waals surface area contributed by atoms with Gasteiger partial charge in [0.1, 0.15) is 0 Å². The van der Waals surface area contributed by atoms with Crippen LogP contribution in [0.3, 0.4) is 0 Å². The van der Waals surface area contributed by atoms with Crippen molar-refractivity contribution in [3.05, 3.63) is 39.7 Å². The Kier molecular flexibility index (Phi) is 3.45. The van der Waals surface area contributed by atoms with Crippen molar-refractivity contribution in [3.63, 3.8) is 0 Å². The monoisotopic (exact) mass is 275 g/mol. The van der Waals surface area contributed by atoms with Gasteiger partial charge in [-0.1, -0.05) is 45.0 Å². The van der Waals surface area contributed by atoms with Gasteiger partial charge in [-0.25, -0.2) is 9.78 Å². The van der Waals surface area contributed by atoms with Gasteiger partial charge in [0, 0.05) is 10.4 Å². The molecule has 1 aromatic carbocycles. The van der Waals surface area contributed by atoms with Crippen molar-refractivity contribution >= 4 is 17.3 Å². The second kappa shape index (κ2) is 4.78. The number of aromatic carboxylic acids is 1. The number of hydrogen-bond donors (Lipinski definition) is 1. The van der Waals surface area contributed by atoms with Crippen LogP contribution in [0.15, 0.2) is 24.3 Å². The Balaban J connectivity index is 2.40. The molecule has 4 heteroatoms. The minimum atomic E-state index is -0.967. The Hall–Kier alpha value is -1.68. The third kappa shape index (κ3) is 2.84. The number of carboxylic acid groups (broad SMARTS) is 1. The molecule has 0 spiro atoms. The highest BCUT2D eigenvalue weighted by Gasteiger charge is 2.16. The Morgan fingerprint density at radius 1 is 1.21 bits per heavy atom. The maximum Gasteiger partial charge on any atom is 0.365 e. The fourth-order valence-electron chi connectivity index (χ4n) is 1.88. The molecule has 19 heavy (non-hydrogen) atoms. The summed E-state index contributed by atoms with van der Waals surface area (Å²) in [7, 11) is 0. The van der Waals surface area contributed by atoms with Gasteiger partial charge < -0.3 is 5.11 Å². The van der Waals surface area contributed by atoms with Gasteiger partial charge >= 0.3 is 5.97 Å². The van der Waals surface area contributed by atoms with E-state index in [0.717, 1.165) is 16.1 Å². The summed E-state index contributed by atoms with van der Waals surface area (Å²) in [6.45, 7) is 8.40. The topological polar surface area (TPSA) is 50.2 Å². The van der Waals surface area contributed by atoms with E-state index in [0.29, 0.717) is 0 Å². The van der Waals surface area contributed by atoms with Crippen molar-refractivity contribution < 1.29 is 9.90 Å². The van der Waals surface area contributed by atoms with E-state index in [1.807, 2.05) is 19.1 Å². The molecule has 0 radical (unpaired) electrons. The number of hydrogen-bond acceptors (Lipinski definition) is 3. The predicted octanol–water partition coefficient (Wildman–Crippen LogP) is 4.11. The summed E-state index contributed by atoms with van der Waals surface area (Å²) in [6, 6.07) is 8.17. The molecule has 3 nitrogen and oxygen atoms in total. The average Bonchev–Trinajstić information content (AvgIpc) is 2.70. The first-order chi connectivity index (χ1) is 8.79. The lowest BCUT2D eigenvalue weighted by Crippen LogP contribution is -2.10. The van der Waals surface area contributed by atoms with E-state index >= 15 is 0 Å². The highest BCUT2D eigenvalue weighted by atomic mass is 32.1. The maximum absolute atomic E-state index is 10.9. The number of thiazole rings is 1. The number of carboxylic acids is 1. The molecule has 0 amide bonds. The van der Waals surface area contributed by atoms with Crippen molar-refractivity contribution in [1.29, 1.82) is 0 Å². The molecular formula is C15H17NO2S. The van der Waals surface area contributed by atoms with Crippen LogP contribution in [-0.2, 0) is 5.41 Å². The SMILES string of the molecule is Cc1sc(C(=O)O)nc1-c1ccc(C(C)(C)C)cc1. The predicted molar refractivity (Wildman–Crippen MR) is 77.9 cm³/mol. The molecule has 100 valence electrons. The molecule has 0 unspecified atom stereocenters. The van der Waals surface area contributed by atoms with E-state index in [9.17, 15) is 4.79 Å². The average molecular weight is 275 g/mol. The Morgan fingerprint density at radius 3 is 2.21 bits per heavy atom. The van der Waals surface area contributed by atoms with Crippen molar-refractivity contribution in [1.82, 2.24) is 4.98 Å². The van der Waals surface area contributed by atoms with E-state index in [2.05, 4.69) is 37.9 Å². The smallest absolute Gasteiger partial charge is 0.365 e. The number of aryl methyl sites for hydroxylation is 1. The fourth-order valence-corrected chi connectivity index (χ4v) is 2.66. The highest BCUT2D eigenvalue weighted by molar-refractivity contribution is 7.13. The third-order valence-electron chi connectivity index (χ3n) is 3.00. The van der Waals surface area contributed by atoms with Crippen LogP contribution < -0.4 is 0 Å². The first-order valence-corrected chi connectivity index (χ1v) is 6.92. The second-order valence-corrected chi connectivity index (χ2v) is 6.76. The molecule has 0 fully saturated rings. The molecule has 1 N–H and O–H groups in total. The summed E-state index contributed by atoms with van der Waals surface area (Å²) in [6.07, 6.45) is 0. The van der Waals surface area contributed by atoms with Gasteiger partial charge in [0.25, 0.3) is 0 Å². The van der Waals surface area contributed by atoms with Crippen molar-refractivity contribution in [2.45, 2.75) is 33.1 Å². The molecule has 0 aliphatic rings. The van der Waals surface area contributed by atoms with Crippen LogP contribution in [0.25, 0.3) is 11.3 Å². The summed E-state index contributed by atoms with van der Waals surface area (Å²) in [4.78, 5) is 16.1. The quantitative estimate of drug-likeness (QED) is 0.897. The van der Waals surface area contributed by atoms with Crippen LogP contribution >= 0.6 is 11.3 Å². The Morgan fingerprint density at radius 2 is 1.79 bits per heavy atom.